The number of rotatable bonds is 2. The van der Waals surface area contributed by atoms with Crippen molar-refractivity contribution < 1.29 is 34.8 Å². The van der Waals surface area contributed by atoms with E-state index in [2.05, 4.69) is 0 Å². The topological polar surface area (TPSA) is 184 Å². The Kier molecular flexibility index (Phi) is 4.07. The molecule has 9 nitrogen and oxygen atoms in total. The van der Waals surface area contributed by atoms with E-state index in [1.807, 2.05) is 0 Å². The summed E-state index contributed by atoms with van der Waals surface area (Å²) >= 11 is 0. The van der Waals surface area contributed by atoms with Crippen LogP contribution in [0.5, 0.6) is 5.75 Å². The zero-order chi connectivity index (χ0) is 21.2. The summed E-state index contributed by atoms with van der Waals surface area (Å²) in [5.74, 6) is -6.34. The Labute approximate surface area is 164 Å². The van der Waals surface area contributed by atoms with Gasteiger partial charge in [-0.25, -0.2) is 0 Å². The van der Waals surface area contributed by atoms with Crippen LogP contribution < -0.4 is 11.5 Å². The number of Topliss-reactive ketones (excluding diaryl/α,β-unsaturated/α-hetero) is 2. The molecule has 1 saturated carbocycles. The number of nitrogens with two attached hydrogens (primary N) is 2. The van der Waals surface area contributed by atoms with Gasteiger partial charge in [0.15, 0.2) is 11.4 Å². The van der Waals surface area contributed by atoms with Gasteiger partial charge in [0.1, 0.15) is 22.8 Å². The Morgan fingerprint density at radius 3 is 2.48 bits per heavy atom. The Hall–Kier alpha value is -3.17. The number of phenols is 1. The van der Waals surface area contributed by atoms with Gasteiger partial charge in [0.2, 0.25) is 5.78 Å². The van der Waals surface area contributed by atoms with Gasteiger partial charge in [-0.05, 0) is 24.3 Å². The minimum absolute atomic E-state index is 0.0126. The predicted molar refractivity (Wildman–Crippen MR) is 99.3 cm³/mol. The van der Waals surface area contributed by atoms with E-state index in [9.17, 15) is 34.8 Å². The van der Waals surface area contributed by atoms with E-state index in [1.165, 1.54) is 0 Å². The van der Waals surface area contributed by atoms with Crippen molar-refractivity contribution in [2.75, 3.05) is 0 Å². The summed E-state index contributed by atoms with van der Waals surface area (Å²) < 4.78 is 0. The van der Waals surface area contributed by atoms with Crippen LogP contribution >= 0.6 is 0 Å². The average Bonchev–Trinajstić information content (AvgIpc) is 2.64. The SMILES string of the molecule is NCc1ccc2c(c1O)C(O)=C1C(=O)[C@]3(O)C(O)=C(C(N)=O)C(=O)CC3CC1C2. The minimum Gasteiger partial charge on any atom is -0.508 e. The molecule has 1 amide bonds. The lowest BCUT2D eigenvalue weighted by atomic mass is 9.59. The summed E-state index contributed by atoms with van der Waals surface area (Å²) in [6, 6.07) is 3.33. The number of hydrogen-bond donors (Lipinski definition) is 6. The van der Waals surface area contributed by atoms with Crippen LogP contribution in [-0.2, 0) is 27.3 Å². The number of benzene rings is 1. The number of aromatic hydroxyl groups is 1. The quantitative estimate of drug-likeness (QED) is 0.371. The first kappa shape index (κ1) is 19.2. The second-order valence-electron chi connectivity index (χ2n) is 7.72. The molecule has 4 rings (SSSR count). The number of amides is 1. The van der Waals surface area contributed by atoms with E-state index >= 15 is 0 Å². The van der Waals surface area contributed by atoms with Crippen molar-refractivity contribution in [1.82, 2.24) is 0 Å². The van der Waals surface area contributed by atoms with Crippen LogP contribution in [0.2, 0.25) is 0 Å². The van der Waals surface area contributed by atoms with Crippen LogP contribution in [0.4, 0.5) is 0 Å². The van der Waals surface area contributed by atoms with Crippen molar-refractivity contribution in [1.29, 1.82) is 0 Å². The Balaban J connectivity index is 1.93. The van der Waals surface area contributed by atoms with E-state index < -0.39 is 52.0 Å². The molecule has 0 bridgehead atoms. The highest BCUT2D eigenvalue weighted by Gasteiger charge is 2.60. The molecule has 0 spiro atoms. The van der Waals surface area contributed by atoms with E-state index in [-0.39, 0.29) is 42.7 Å². The molecule has 0 heterocycles. The summed E-state index contributed by atoms with van der Waals surface area (Å²) in [4.78, 5) is 37.1. The fraction of sp³-hybridized carbons (Fsp3) is 0.350. The van der Waals surface area contributed by atoms with Gasteiger partial charge in [0, 0.05) is 30.0 Å². The molecule has 152 valence electrons. The summed E-state index contributed by atoms with van der Waals surface area (Å²) in [6.45, 7) is 0.0126. The Bertz CT molecular complexity index is 1060. The van der Waals surface area contributed by atoms with Gasteiger partial charge in [0.05, 0.1) is 5.56 Å². The second kappa shape index (κ2) is 6.16. The van der Waals surface area contributed by atoms with E-state index in [0.717, 1.165) is 0 Å². The monoisotopic (exact) mass is 400 g/mol. The van der Waals surface area contributed by atoms with Crippen molar-refractivity contribution in [3.05, 3.63) is 45.7 Å². The lowest BCUT2D eigenvalue weighted by Gasteiger charge is -2.46. The molecule has 3 aliphatic carbocycles. The molecule has 0 saturated heterocycles. The zero-order valence-corrected chi connectivity index (χ0v) is 15.3. The van der Waals surface area contributed by atoms with Gasteiger partial charge in [0.25, 0.3) is 5.91 Å². The van der Waals surface area contributed by atoms with Gasteiger partial charge in [-0.15, -0.1) is 0 Å². The normalized spacial score (nSPS) is 28.8. The van der Waals surface area contributed by atoms with Crippen LogP contribution in [0.1, 0.15) is 29.5 Å². The largest absolute Gasteiger partial charge is 0.508 e. The number of primary amides is 1. The summed E-state index contributed by atoms with van der Waals surface area (Å²) in [5.41, 5.74) is 8.25. The second-order valence-corrected chi connectivity index (χ2v) is 7.72. The molecule has 0 aliphatic heterocycles. The summed E-state index contributed by atoms with van der Waals surface area (Å²) in [7, 11) is 0. The van der Waals surface area contributed by atoms with E-state index in [1.54, 1.807) is 12.1 Å². The van der Waals surface area contributed by atoms with Crippen LogP contribution in [0.25, 0.3) is 5.76 Å². The number of carbonyl (C=O) groups is 3. The first-order chi connectivity index (χ1) is 13.6. The van der Waals surface area contributed by atoms with E-state index in [4.69, 9.17) is 11.5 Å². The van der Waals surface area contributed by atoms with Gasteiger partial charge in [-0.1, -0.05) is 12.1 Å². The lowest BCUT2D eigenvalue weighted by Crippen LogP contribution is -2.58. The van der Waals surface area contributed by atoms with Gasteiger partial charge < -0.3 is 31.9 Å². The maximum atomic E-state index is 13.3. The number of ketones is 2. The van der Waals surface area contributed by atoms with Crippen LogP contribution in [0.15, 0.2) is 29.0 Å². The molecule has 29 heavy (non-hydrogen) atoms. The molecule has 3 atom stereocenters. The van der Waals surface area contributed by atoms with Gasteiger partial charge >= 0.3 is 0 Å². The predicted octanol–water partition coefficient (Wildman–Crippen LogP) is -0.117. The lowest BCUT2D eigenvalue weighted by molar-refractivity contribution is -0.147. The fourth-order valence-electron chi connectivity index (χ4n) is 4.80. The number of aliphatic hydroxyl groups excluding tert-OH is 2. The molecule has 0 aromatic heterocycles. The molecular formula is C20H20N2O7. The average molecular weight is 400 g/mol. The maximum absolute atomic E-state index is 13.3. The molecule has 8 N–H and O–H groups in total. The molecule has 0 radical (unpaired) electrons. The zero-order valence-electron chi connectivity index (χ0n) is 15.3. The van der Waals surface area contributed by atoms with Crippen molar-refractivity contribution in [3.8, 4) is 5.75 Å². The highest BCUT2D eigenvalue weighted by Crippen LogP contribution is 2.52. The molecule has 3 aliphatic rings. The highest BCUT2D eigenvalue weighted by molar-refractivity contribution is 6.22. The third kappa shape index (κ3) is 2.37. The third-order valence-corrected chi connectivity index (χ3v) is 6.24. The molecule has 1 aromatic rings. The standard InChI is InChI=1S/C20H20N2O7/c21-6-8-2-1-7-3-9-4-10-5-11(23)14(19(22)28)18(27)20(10,29)17(26)13(9)16(25)12(7)15(8)24/h1-2,9-10,24-25,27,29H,3-6,21H2,(H2,22,28)/t9?,10?,20-/m0/s1. The number of carbonyl (C=O) groups excluding carboxylic acids is 3. The number of hydrogen-bond acceptors (Lipinski definition) is 8. The summed E-state index contributed by atoms with van der Waals surface area (Å²) in [6.07, 6.45) is 0.0639. The summed E-state index contributed by atoms with van der Waals surface area (Å²) in [5, 5.41) is 42.9. The van der Waals surface area contributed by atoms with Crippen molar-refractivity contribution >= 4 is 23.2 Å². The number of phenolic OH excluding ortho intramolecular Hbond substituents is 1. The highest BCUT2D eigenvalue weighted by atomic mass is 16.3. The van der Waals surface area contributed by atoms with Gasteiger partial charge in [-0.2, -0.15) is 0 Å². The molecule has 1 aromatic carbocycles. The molecule has 9 heteroatoms. The van der Waals surface area contributed by atoms with Crippen molar-refractivity contribution in [2.24, 2.45) is 23.3 Å². The van der Waals surface area contributed by atoms with Crippen molar-refractivity contribution in [2.45, 2.75) is 31.4 Å². The smallest absolute Gasteiger partial charge is 0.255 e. The minimum atomic E-state index is -2.54. The first-order valence-corrected chi connectivity index (χ1v) is 9.14. The van der Waals surface area contributed by atoms with Gasteiger partial charge in [-0.3, -0.25) is 14.4 Å². The third-order valence-electron chi connectivity index (χ3n) is 6.24. The van der Waals surface area contributed by atoms with Crippen LogP contribution in [0.3, 0.4) is 0 Å². The Morgan fingerprint density at radius 1 is 1.17 bits per heavy atom. The van der Waals surface area contributed by atoms with Crippen LogP contribution in [-0.4, -0.2) is 43.5 Å². The Morgan fingerprint density at radius 2 is 1.86 bits per heavy atom. The van der Waals surface area contributed by atoms with Crippen molar-refractivity contribution in [3.63, 3.8) is 0 Å². The van der Waals surface area contributed by atoms with Crippen LogP contribution in [0, 0.1) is 11.8 Å². The fourth-order valence-corrected chi connectivity index (χ4v) is 4.80. The number of fused-ring (bicyclic) bond motifs is 3. The van der Waals surface area contributed by atoms with E-state index in [0.29, 0.717) is 11.1 Å². The molecule has 2 unspecified atom stereocenters. The number of aliphatic hydroxyl groups is 3. The molecular weight excluding hydrogens is 380 g/mol. The first-order valence-electron chi connectivity index (χ1n) is 9.14. The molecule has 1 fully saturated rings. The maximum Gasteiger partial charge on any atom is 0.255 e.